The third-order valence-corrected chi connectivity index (χ3v) is 5.79. The van der Waals surface area contributed by atoms with Crippen LogP contribution in [-0.4, -0.2) is 33.3 Å². The Morgan fingerprint density at radius 3 is 2.56 bits per heavy atom. The smallest absolute Gasteiger partial charge is 0.241 e. The van der Waals surface area contributed by atoms with E-state index in [1.807, 2.05) is 30.3 Å². The van der Waals surface area contributed by atoms with Gasteiger partial charge in [0.1, 0.15) is 0 Å². The monoisotopic (exact) mass is 387 g/mol. The van der Waals surface area contributed by atoms with Gasteiger partial charge in [-0.05, 0) is 35.7 Å². The third-order valence-electron chi connectivity index (χ3n) is 4.39. The number of carbonyl (C=O) groups is 2. The molecule has 0 fully saturated rings. The van der Waals surface area contributed by atoms with Crippen LogP contribution in [0.15, 0.2) is 53.4 Å². The first kappa shape index (κ1) is 19.1. The number of carbonyl (C=O) groups excluding carboxylic acids is 2. The van der Waals surface area contributed by atoms with Crippen molar-refractivity contribution >= 4 is 27.5 Å². The molecule has 0 aliphatic carbocycles. The molecule has 0 saturated carbocycles. The molecule has 0 bridgehead atoms. The van der Waals surface area contributed by atoms with Gasteiger partial charge < -0.3 is 10.2 Å². The fraction of sp³-hybridized carbons (Fsp3) is 0.263. The van der Waals surface area contributed by atoms with Gasteiger partial charge in [0.05, 0.1) is 11.4 Å². The molecule has 1 heterocycles. The quantitative estimate of drug-likeness (QED) is 0.778. The summed E-state index contributed by atoms with van der Waals surface area (Å²) in [6.45, 7) is 2.02. The van der Waals surface area contributed by atoms with Crippen molar-refractivity contribution in [2.75, 3.05) is 18.0 Å². The van der Waals surface area contributed by atoms with Gasteiger partial charge in [-0.15, -0.1) is 0 Å². The van der Waals surface area contributed by atoms with Gasteiger partial charge in [0.25, 0.3) is 0 Å². The largest absolute Gasteiger partial charge is 0.351 e. The Balaban J connectivity index is 1.60. The molecule has 7 nitrogen and oxygen atoms in total. The van der Waals surface area contributed by atoms with E-state index >= 15 is 0 Å². The number of nitrogens with one attached hydrogen (secondary N) is 2. The maximum absolute atomic E-state index is 12.5. The average Bonchev–Trinajstić information content (AvgIpc) is 3.09. The van der Waals surface area contributed by atoms with Crippen LogP contribution in [0.5, 0.6) is 0 Å². The summed E-state index contributed by atoms with van der Waals surface area (Å²) in [6.07, 6.45) is 0.607. The summed E-state index contributed by atoms with van der Waals surface area (Å²) in [6, 6.07) is 14.0. The predicted molar refractivity (Wildman–Crippen MR) is 102 cm³/mol. The van der Waals surface area contributed by atoms with Crippen LogP contribution < -0.4 is 14.9 Å². The highest BCUT2D eigenvalue weighted by Crippen LogP contribution is 2.30. The molecule has 2 aromatic rings. The van der Waals surface area contributed by atoms with E-state index in [0.29, 0.717) is 19.5 Å². The minimum Gasteiger partial charge on any atom is -0.351 e. The SMILES string of the molecule is CC(=O)N1CCc2cc(S(=O)(=O)NCC(=O)NCc3ccccc3)ccc21. The fourth-order valence-electron chi connectivity index (χ4n) is 2.98. The second-order valence-electron chi connectivity index (χ2n) is 6.30. The predicted octanol–water partition coefficient (Wildman–Crippen LogP) is 1.19. The molecule has 0 aromatic heterocycles. The lowest BCUT2D eigenvalue weighted by Crippen LogP contribution is -2.36. The van der Waals surface area contributed by atoms with Crippen molar-refractivity contribution in [3.63, 3.8) is 0 Å². The van der Waals surface area contributed by atoms with E-state index in [1.165, 1.54) is 13.0 Å². The number of amides is 2. The Morgan fingerprint density at radius 1 is 1.11 bits per heavy atom. The summed E-state index contributed by atoms with van der Waals surface area (Å²) in [5, 5.41) is 2.67. The number of nitrogens with zero attached hydrogens (tertiary/aromatic N) is 1. The lowest BCUT2D eigenvalue weighted by molar-refractivity contribution is -0.120. The van der Waals surface area contributed by atoms with E-state index in [1.54, 1.807) is 17.0 Å². The molecule has 0 spiro atoms. The zero-order valence-corrected chi connectivity index (χ0v) is 15.8. The van der Waals surface area contributed by atoms with Crippen LogP contribution in [0.4, 0.5) is 5.69 Å². The Bertz CT molecular complexity index is 958. The van der Waals surface area contributed by atoms with E-state index in [4.69, 9.17) is 0 Å². The number of hydrogen-bond donors (Lipinski definition) is 2. The molecule has 8 heteroatoms. The highest BCUT2D eigenvalue weighted by atomic mass is 32.2. The van der Waals surface area contributed by atoms with Crippen molar-refractivity contribution in [1.82, 2.24) is 10.0 Å². The molecular formula is C19H21N3O4S. The first-order chi connectivity index (χ1) is 12.9. The van der Waals surface area contributed by atoms with Gasteiger partial charge in [-0.2, -0.15) is 0 Å². The highest BCUT2D eigenvalue weighted by Gasteiger charge is 2.25. The molecule has 2 amide bonds. The summed E-state index contributed by atoms with van der Waals surface area (Å²) in [7, 11) is -3.81. The molecule has 27 heavy (non-hydrogen) atoms. The number of sulfonamides is 1. The number of anilines is 1. The van der Waals surface area contributed by atoms with Crippen molar-refractivity contribution in [3.8, 4) is 0 Å². The standard InChI is InChI=1S/C19H21N3O4S/c1-14(23)22-10-9-16-11-17(7-8-18(16)22)27(25,26)21-13-19(24)20-12-15-5-3-2-4-6-15/h2-8,11,21H,9-10,12-13H2,1H3,(H,20,24). The first-order valence-corrected chi connectivity index (χ1v) is 10.1. The van der Waals surface area contributed by atoms with E-state index in [0.717, 1.165) is 16.8 Å². The van der Waals surface area contributed by atoms with Crippen LogP contribution in [0.25, 0.3) is 0 Å². The van der Waals surface area contributed by atoms with Gasteiger partial charge in [0.2, 0.25) is 21.8 Å². The molecule has 142 valence electrons. The number of rotatable bonds is 6. The van der Waals surface area contributed by atoms with Crippen molar-refractivity contribution in [3.05, 3.63) is 59.7 Å². The molecular weight excluding hydrogens is 366 g/mol. The summed E-state index contributed by atoms with van der Waals surface area (Å²) in [4.78, 5) is 25.2. The van der Waals surface area contributed by atoms with Crippen LogP contribution in [0.3, 0.4) is 0 Å². The highest BCUT2D eigenvalue weighted by molar-refractivity contribution is 7.89. The molecule has 0 radical (unpaired) electrons. The fourth-order valence-corrected chi connectivity index (χ4v) is 4.01. The summed E-state index contributed by atoms with van der Waals surface area (Å²) >= 11 is 0. The summed E-state index contributed by atoms with van der Waals surface area (Å²) < 4.78 is 27.2. The van der Waals surface area contributed by atoms with E-state index in [9.17, 15) is 18.0 Å². The van der Waals surface area contributed by atoms with E-state index in [2.05, 4.69) is 10.0 Å². The number of hydrogen-bond acceptors (Lipinski definition) is 4. The maximum atomic E-state index is 12.5. The van der Waals surface area contributed by atoms with Crippen molar-refractivity contribution in [1.29, 1.82) is 0 Å². The lowest BCUT2D eigenvalue weighted by atomic mass is 10.2. The minimum atomic E-state index is -3.81. The molecule has 0 saturated heterocycles. The van der Waals surface area contributed by atoms with Gasteiger partial charge in [-0.1, -0.05) is 30.3 Å². The Hall–Kier alpha value is -2.71. The van der Waals surface area contributed by atoms with Gasteiger partial charge in [-0.3, -0.25) is 9.59 Å². The summed E-state index contributed by atoms with van der Waals surface area (Å²) in [5.41, 5.74) is 2.48. The molecule has 2 aromatic carbocycles. The zero-order valence-electron chi connectivity index (χ0n) is 14.9. The van der Waals surface area contributed by atoms with E-state index < -0.39 is 15.9 Å². The van der Waals surface area contributed by atoms with Gasteiger partial charge in [-0.25, -0.2) is 13.1 Å². The molecule has 0 unspecified atom stereocenters. The van der Waals surface area contributed by atoms with Gasteiger partial charge in [0.15, 0.2) is 0 Å². The minimum absolute atomic E-state index is 0.0717. The van der Waals surface area contributed by atoms with Crippen LogP contribution in [-0.2, 0) is 32.6 Å². The Kier molecular flexibility index (Phi) is 5.57. The Morgan fingerprint density at radius 2 is 1.85 bits per heavy atom. The van der Waals surface area contributed by atoms with Crippen LogP contribution in [0, 0.1) is 0 Å². The second kappa shape index (κ2) is 7.89. The molecule has 1 aliphatic heterocycles. The van der Waals surface area contributed by atoms with Crippen LogP contribution >= 0.6 is 0 Å². The number of benzene rings is 2. The van der Waals surface area contributed by atoms with Crippen LogP contribution in [0.2, 0.25) is 0 Å². The van der Waals surface area contributed by atoms with Crippen LogP contribution in [0.1, 0.15) is 18.1 Å². The second-order valence-corrected chi connectivity index (χ2v) is 8.07. The van der Waals surface area contributed by atoms with E-state index in [-0.39, 0.29) is 17.3 Å². The van der Waals surface area contributed by atoms with Gasteiger partial charge in [0, 0.05) is 25.7 Å². The van der Waals surface area contributed by atoms with Crippen molar-refractivity contribution in [2.45, 2.75) is 24.8 Å². The Labute approximate surface area is 158 Å². The number of fused-ring (bicyclic) bond motifs is 1. The van der Waals surface area contributed by atoms with Gasteiger partial charge >= 0.3 is 0 Å². The maximum Gasteiger partial charge on any atom is 0.241 e. The lowest BCUT2D eigenvalue weighted by Gasteiger charge is -2.15. The zero-order chi connectivity index (χ0) is 19.4. The van der Waals surface area contributed by atoms with Crippen molar-refractivity contribution < 1.29 is 18.0 Å². The summed E-state index contributed by atoms with van der Waals surface area (Å²) in [5.74, 6) is -0.482. The molecule has 0 atom stereocenters. The topological polar surface area (TPSA) is 95.6 Å². The molecule has 3 rings (SSSR count). The molecule has 1 aliphatic rings. The normalized spacial score (nSPS) is 13.3. The average molecular weight is 387 g/mol. The molecule has 2 N–H and O–H groups in total. The first-order valence-electron chi connectivity index (χ1n) is 8.58. The van der Waals surface area contributed by atoms with Crippen molar-refractivity contribution in [2.24, 2.45) is 0 Å². The third kappa shape index (κ3) is 4.53.